The van der Waals surface area contributed by atoms with Gasteiger partial charge in [0.1, 0.15) is 5.82 Å². The number of imide groups is 1. The lowest BCUT2D eigenvalue weighted by Crippen LogP contribution is -2.61. The number of urea groups is 1. The standard InChI is InChI=1S/C21H19ClFN5O2/c1-26-18-17(19(29)27(2)21(26)30)28(12-14-5-9-16(23)10-6-14)20(25-18)24-11-13-3-7-15(22)8-4-13/h3-10,17H,11-12H2,1-2H3/p+1. The number of amides is 3. The summed E-state index contributed by atoms with van der Waals surface area (Å²) in [5.41, 5.74) is 1.80. The zero-order valence-electron chi connectivity index (χ0n) is 16.5. The molecule has 0 aliphatic carbocycles. The first kappa shape index (κ1) is 20.0. The summed E-state index contributed by atoms with van der Waals surface area (Å²) >= 11 is 5.94. The molecule has 1 atom stereocenters. The third-order valence-corrected chi connectivity index (χ3v) is 5.41. The number of aliphatic imine (C=N–C) groups is 1. The largest absolute Gasteiger partial charge is 0.390 e. The molecule has 1 saturated heterocycles. The first-order valence-corrected chi connectivity index (χ1v) is 9.73. The summed E-state index contributed by atoms with van der Waals surface area (Å²) in [6.45, 7) is 0.778. The fourth-order valence-electron chi connectivity index (χ4n) is 3.48. The monoisotopic (exact) mass is 428 g/mol. The molecule has 0 spiro atoms. The minimum atomic E-state index is -0.740. The van der Waals surface area contributed by atoms with Crippen LogP contribution in [0.2, 0.25) is 5.02 Å². The first-order chi connectivity index (χ1) is 14.3. The van der Waals surface area contributed by atoms with Gasteiger partial charge in [-0.05, 0) is 35.4 Å². The van der Waals surface area contributed by atoms with Crippen molar-refractivity contribution in [2.75, 3.05) is 14.1 Å². The molecule has 2 aromatic carbocycles. The van der Waals surface area contributed by atoms with Gasteiger partial charge in [0.25, 0.3) is 5.91 Å². The Balaban J connectivity index is 1.68. The fraction of sp³-hybridized carbons (Fsp3) is 0.238. The number of guanidine groups is 1. The number of rotatable bonds is 4. The zero-order valence-corrected chi connectivity index (χ0v) is 17.2. The number of nitrogens with zero attached hydrogens (tertiary/aromatic N) is 4. The summed E-state index contributed by atoms with van der Waals surface area (Å²) in [6.07, 6.45) is 0. The van der Waals surface area contributed by atoms with Crippen LogP contribution in [-0.4, -0.2) is 58.2 Å². The zero-order chi connectivity index (χ0) is 21.4. The van der Waals surface area contributed by atoms with E-state index in [2.05, 4.69) is 10.3 Å². The fourth-order valence-corrected chi connectivity index (χ4v) is 3.60. The molecule has 30 heavy (non-hydrogen) atoms. The molecule has 0 bridgehead atoms. The van der Waals surface area contributed by atoms with Crippen LogP contribution in [0, 0.1) is 5.82 Å². The van der Waals surface area contributed by atoms with E-state index >= 15 is 0 Å². The van der Waals surface area contributed by atoms with Gasteiger partial charge in [-0.15, -0.1) is 0 Å². The Kier molecular flexibility index (Phi) is 5.26. The van der Waals surface area contributed by atoms with Gasteiger partial charge in [-0.25, -0.2) is 13.8 Å². The van der Waals surface area contributed by atoms with E-state index < -0.39 is 12.1 Å². The van der Waals surface area contributed by atoms with Gasteiger partial charge in [-0.3, -0.25) is 19.9 Å². The molecular formula is C21H20ClFN5O2+. The van der Waals surface area contributed by atoms with Gasteiger partial charge < -0.3 is 0 Å². The van der Waals surface area contributed by atoms with E-state index in [4.69, 9.17) is 11.6 Å². The van der Waals surface area contributed by atoms with E-state index in [0.29, 0.717) is 29.9 Å². The average Bonchev–Trinajstić information content (AvgIpc) is 3.10. The molecule has 1 unspecified atom stereocenters. The molecule has 154 valence electrons. The van der Waals surface area contributed by atoms with Gasteiger partial charge in [0.2, 0.25) is 11.9 Å². The van der Waals surface area contributed by atoms with Crippen LogP contribution in [0.4, 0.5) is 9.18 Å². The number of amidine groups is 1. The normalized spacial score (nSPS) is 18.7. The Bertz CT molecular complexity index is 1070. The Morgan fingerprint density at radius 1 is 1.03 bits per heavy atom. The van der Waals surface area contributed by atoms with E-state index in [1.807, 2.05) is 12.1 Å². The number of halogens is 2. The van der Waals surface area contributed by atoms with Crippen LogP contribution in [0.15, 0.2) is 53.5 Å². The van der Waals surface area contributed by atoms with Crippen LogP contribution in [0.5, 0.6) is 0 Å². The maximum atomic E-state index is 13.3. The third kappa shape index (κ3) is 3.66. The molecule has 2 aliphatic heterocycles. The average molecular weight is 429 g/mol. The Morgan fingerprint density at radius 3 is 2.33 bits per heavy atom. The molecule has 9 heteroatoms. The van der Waals surface area contributed by atoms with E-state index in [1.165, 1.54) is 24.1 Å². The molecule has 2 aromatic rings. The van der Waals surface area contributed by atoms with Crippen molar-refractivity contribution < 1.29 is 18.6 Å². The van der Waals surface area contributed by atoms with Crippen molar-refractivity contribution >= 4 is 35.3 Å². The summed E-state index contributed by atoms with van der Waals surface area (Å²) in [5, 5.41) is 3.90. The van der Waals surface area contributed by atoms with Gasteiger partial charge in [-0.2, -0.15) is 0 Å². The Morgan fingerprint density at radius 2 is 1.67 bits per heavy atom. The van der Waals surface area contributed by atoms with Crippen molar-refractivity contribution in [3.8, 4) is 0 Å². The SMILES string of the molecule is CN1C(=O)C2C(=NC(NCc3ccc(Cl)cc3)=[N+]2Cc2ccc(F)cc2)N(C)C1=O. The Hall–Kier alpha value is -3.26. The third-order valence-electron chi connectivity index (χ3n) is 5.16. The number of nitrogens with one attached hydrogen (secondary N) is 1. The number of hydrogen-bond acceptors (Lipinski definition) is 4. The van der Waals surface area contributed by atoms with Gasteiger partial charge in [0.05, 0.1) is 13.1 Å². The highest BCUT2D eigenvalue weighted by atomic mass is 35.5. The summed E-state index contributed by atoms with van der Waals surface area (Å²) in [4.78, 5) is 32.3. The van der Waals surface area contributed by atoms with E-state index in [1.54, 1.807) is 35.9 Å². The van der Waals surface area contributed by atoms with Gasteiger partial charge >= 0.3 is 12.0 Å². The minimum absolute atomic E-state index is 0.322. The van der Waals surface area contributed by atoms with Crippen molar-refractivity contribution in [3.05, 3.63) is 70.5 Å². The number of hydrogen-bond donors (Lipinski definition) is 1. The quantitative estimate of drug-likeness (QED) is 0.760. The van der Waals surface area contributed by atoms with E-state index in [-0.39, 0.29) is 11.7 Å². The summed E-state index contributed by atoms with van der Waals surface area (Å²) < 4.78 is 15.1. The lowest BCUT2D eigenvalue weighted by molar-refractivity contribution is -0.553. The molecule has 2 heterocycles. The predicted molar refractivity (Wildman–Crippen MR) is 111 cm³/mol. The molecule has 2 aliphatic rings. The molecule has 3 amide bonds. The highest BCUT2D eigenvalue weighted by Gasteiger charge is 2.51. The first-order valence-electron chi connectivity index (χ1n) is 9.35. The van der Waals surface area contributed by atoms with Crippen LogP contribution in [0.1, 0.15) is 11.1 Å². The van der Waals surface area contributed by atoms with Gasteiger partial charge in [0, 0.05) is 19.1 Å². The highest BCUT2D eigenvalue weighted by Crippen LogP contribution is 2.20. The number of carbonyl (C=O) groups is 2. The molecule has 0 radical (unpaired) electrons. The van der Waals surface area contributed by atoms with Gasteiger partial charge in [-0.1, -0.05) is 40.9 Å². The van der Waals surface area contributed by atoms with Crippen molar-refractivity contribution in [1.29, 1.82) is 0 Å². The number of benzene rings is 2. The molecule has 0 saturated carbocycles. The van der Waals surface area contributed by atoms with Crippen LogP contribution in [0.3, 0.4) is 0 Å². The molecule has 1 fully saturated rings. The minimum Gasteiger partial charge on any atom is -0.271 e. The molecular weight excluding hydrogens is 409 g/mol. The smallest absolute Gasteiger partial charge is 0.271 e. The topological polar surface area (TPSA) is 68.0 Å². The van der Waals surface area contributed by atoms with Crippen molar-refractivity contribution in [1.82, 2.24) is 15.1 Å². The number of carbonyl (C=O) groups excluding carboxylic acids is 2. The summed E-state index contributed by atoms with van der Waals surface area (Å²) in [5.74, 6) is 0.143. The maximum absolute atomic E-state index is 13.3. The van der Waals surface area contributed by atoms with Crippen molar-refractivity contribution in [2.24, 2.45) is 4.99 Å². The number of likely N-dealkylation sites (N-methyl/N-ethyl adjacent to an activating group) is 2. The summed E-state index contributed by atoms with van der Waals surface area (Å²) in [6, 6.07) is 12.3. The molecule has 1 N–H and O–H groups in total. The van der Waals surface area contributed by atoms with Crippen LogP contribution < -0.4 is 5.32 Å². The second-order valence-corrected chi connectivity index (χ2v) is 7.61. The van der Waals surface area contributed by atoms with Crippen molar-refractivity contribution in [3.63, 3.8) is 0 Å². The van der Waals surface area contributed by atoms with Crippen LogP contribution in [-0.2, 0) is 17.9 Å². The van der Waals surface area contributed by atoms with Crippen LogP contribution in [0.25, 0.3) is 0 Å². The molecule has 0 aromatic heterocycles. The number of fused-ring (bicyclic) bond motifs is 1. The van der Waals surface area contributed by atoms with Crippen molar-refractivity contribution in [2.45, 2.75) is 19.1 Å². The van der Waals surface area contributed by atoms with E-state index in [9.17, 15) is 14.0 Å². The summed E-state index contributed by atoms with van der Waals surface area (Å²) in [7, 11) is 3.04. The second kappa shape index (κ2) is 7.87. The lowest BCUT2D eigenvalue weighted by Gasteiger charge is -2.31. The molecule has 4 rings (SSSR count). The van der Waals surface area contributed by atoms with E-state index in [0.717, 1.165) is 16.0 Å². The highest BCUT2D eigenvalue weighted by molar-refractivity contribution is 6.30. The predicted octanol–water partition coefficient (Wildman–Crippen LogP) is 2.44. The second-order valence-electron chi connectivity index (χ2n) is 7.17. The molecule has 7 nitrogen and oxygen atoms in total. The van der Waals surface area contributed by atoms with Gasteiger partial charge in [0.15, 0.2) is 0 Å². The lowest BCUT2D eigenvalue weighted by atomic mass is 10.1. The maximum Gasteiger partial charge on any atom is 0.390 e. The van der Waals surface area contributed by atoms with Crippen LogP contribution >= 0.6 is 11.6 Å². The Labute approximate surface area is 178 Å².